The largest absolute Gasteiger partial charge is 0.457 e. The highest BCUT2D eigenvalue weighted by Crippen LogP contribution is 2.19. The minimum atomic E-state index is -0.978. The van der Waals surface area contributed by atoms with Crippen molar-refractivity contribution in [1.29, 1.82) is 0 Å². The van der Waals surface area contributed by atoms with Gasteiger partial charge in [0.15, 0.2) is 6.61 Å². The molecule has 0 fully saturated rings. The number of nitrogens with one attached hydrogen (secondary N) is 1. The van der Waals surface area contributed by atoms with E-state index in [2.05, 4.69) is 15.5 Å². The number of ether oxygens (including phenoxy) is 1. The summed E-state index contributed by atoms with van der Waals surface area (Å²) in [5.41, 5.74) is 0.471. The summed E-state index contributed by atoms with van der Waals surface area (Å²) in [6, 6.07) is 4.43. The zero-order chi connectivity index (χ0) is 19.2. The number of thiophene rings is 1. The van der Waals surface area contributed by atoms with Gasteiger partial charge in [-0.2, -0.15) is 16.3 Å². The molecule has 2 aromatic heterocycles. The third kappa shape index (κ3) is 4.94. The molecule has 27 heavy (non-hydrogen) atoms. The lowest BCUT2D eigenvalue weighted by atomic mass is 10.2. The molecule has 1 N–H and O–H groups in total. The number of amides is 1. The molecule has 3 rings (SSSR count). The Morgan fingerprint density at radius 2 is 2.11 bits per heavy atom. The van der Waals surface area contributed by atoms with Crippen molar-refractivity contribution in [2.75, 3.05) is 6.54 Å². The Morgan fingerprint density at radius 1 is 1.26 bits per heavy atom. The van der Waals surface area contributed by atoms with Crippen LogP contribution >= 0.6 is 11.3 Å². The average Bonchev–Trinajstić information content (AvgIpc) is 3.31. The molecule has 0 aliphatic rings. The van der Waals surface area contributed by atoms with Crippen LogP contribution in [0.15, 0.2) is 39.5 Å². The van der Waals surface area contributed by atoms with Gasteiger partial charge >= 0.3 is 5.97 Å². The third-order valence-corrected chi connectivity index (χ3v) is 4.07. The van der Waals surface area contributed by atoms with E-state index in [4.69, 9.17) is 9.26 Å². The van der Waals surface area contributed by atoms with Gasteiger partial charge in [0.05, 0.1) is 17.5 Å². The number of carbonyl (C=O) groups excluding carboxylic acids is 2. The third-order valence-electron chi connectivity index (χ3n) is 3.39. The zero-order valence-electron chi connectivity index (χ0n) is 13.8. The maximum Gasteiger partial charge on any atom is 0.308 e. The van der Waals surface area contributed by atoms with Crippen LogP contribution in [0.2, 0.25) is 0 Å². The van der Waals surface area contributed by atoms with Crippen LogP contribution < -0.4 is 5.32 Å². The number of hydrogen-bond donors (Lipinski definition) is 1. The van der Waals surface area contributed by atoms with Gasteiger partial charge in [-0.15, -0.1) is 0 Å². The first-order valence-electron chi connectivity index (χ1n) is 7.77. The first-order chi connectivity index (χ1) is 13.0. The number of benzene rings is 1. The summed E-state index contributed by atoms with van der Waals surface area (Å²) in [5.74, 6) is -2.57. The molecule has 0 radical (unpaired) electrons. The molecule has 0 saturated carbocycles. The van der Waals surface area contributed by atoms with Crippen molar-refractivity contribution in [2.45, 2.75) is 13.0 Å². The SMILES string of the molecule is O=C(CCNC(=O)c1ccc(F)cc1F)OCc1noc(-c2ccsc2)n1. The van der Waals surface area contributed by atoms with Crippen molar-refractivity contribution in [3.05, 3.63) is 58.0 Å². The maximum absolute atomic E-state index is 13.5. The number of carbonyl (C=O) groups is 2. The summed E-state index contributed by atoms with van der Waals surface area (Å²) in [6.45, 7) is -0.242. The second-order valence-electron chi connectivity index (χ2n) is 5.32. The van der Waals surface area contributed by atoms with Crippen LogP contribution in [0.5, 0.6) is 0 Å². The molecule has 0 atom stereocenters. The van der Waals surface area contributed by atoms with Crippen LogP contribution in [0.1, 0.15) is 22.6 Å². The second-order valence-corrected chi connectivity index (χ2v) is 6.10. The Balaban J connectivity index is 1.41. The van der Waals surface area contributed by atoms with Gasteiger partial charge in [-0.25, -0.2) is 8.78 Å². The summed E-state index contributed by atoms with van der Waals surface area (Å²) in [5, 5.41) is 9.78. The highest BCUT2D eigenvalue weighted by Gasteiger charge is 2.14. The summed E-state index contributed by atoms with van der Waals surface area (Å²) >= 11 is 1.48. The van der Waals surface area contributed by atoms with Crippen molar-refractivity contribution in [3.8, 4) is 11.5 Å². The zero-order valence-corrected chi connectivity index (χ0v) is 14.6. The van der Waals surface area contributed by atoms with Gasteiger partial charge in [-0.05, 0) is 23.6 Å². The predicted octanol–water partition coefficient (Wildman–Crippen LogP) is 2.94. The summed E-state index contributed by atoms with van der Waals surface area (Å²) < 4.78 is 36.4. The molecule has 0 unspecified atom stereocenters. The van der Waals surface area contributed by atoms with E-state index >= 15 is 0 Å². The molecular weight excluding hydrogens is 380 g/mol. The lowest BCUT2D eigenvalue weighted by molar-refractivity contribution is -0.145. The Labute approximate surface area is 156 Å². The molecule has 0 saturated heterocycles. The van der Waals surface area contributed by atoms with E-state index in [0.717, 1.165) is 17.7 Å². The van der Waals surface area contributed by atoms with Crippen LogP contribution in [0.4, 0.5) is 8.78 Å². The number of hydrogen-bond acceptors (Lipinski definition) is 7. The molecule has 0 spiro atoms. The summed E-state index contributed by atoms with van der Waals surface area (Å²) in [7, 11) is 0. The van der Waals surface area contributed by atoms with Gasteiger partial charge in [-0.3, -0.25) is 9.59 Å². The maximum atomic E-state index is 13.5. The van der Waals surface area contributed by atoms with Crippen LogP contribution in [0.3, 0.4) is 0 Å². The second kappa shape index (κ2) is 8.49. The van der Waals surface area contributed by atoms with Crippen molar-refractivity contribution in [1.82, 2.24) is 15.5 Å². The number of aromatic nitrogens is 2. The van der Waals surface area contributed by atoms with Gasteiger partial charge in [0, 0.05) is 18.0 Å². The van der Waals surface area contributed by atoms with E-state index in [1.807, 2.05) is 16.8 Å². The van der Waals surface area contributed by atoms with Crippen molar-refractivity contribution in [2.24, 2.45) is 0 Å². The first-order valence-corrected chi connectivity index (χ1v) is 8.71. The normalized spacial score (nSPS) is 10.6. The fraction of sp³-hybridized carbons (Fsp3) is 0.176. The smallest absolute Gasteiger partial charge is 0.308 e. The van der Waals surface area contributed by atoms with Gasteiger partial charge in [-0.1, -0.05) is 5.16 Å². The number of halogens is 2. The lowest BCUT2D eigenvalue weighted by Crippen LogP contribution is -2.27. The minimum Gasteiger partial charge on any atom is -0.457 e. The molecule has 3 aromatic rings. The van der Waals surface area contributed by atoms with E-state index in [1.54, 1.807) is 0 Å². The first kappa shape index (κ1) is 18.6. The van der Waals surface area contributed by atoms with Crippen molar-refractivity contribution < 1.29 is 27.6 Å². The highest BCUT2D eigenvalue weighted by atomic mass is 32.1. The average molecular weight is 393 g/mol. The Morgan fingerprint density at radius 3 is 2.85 bits per heavy atom. The molecule has 10 heteroatoms. The quantitative estimate of drug-likeness (QED) is 0.621. The highest BCUT2D eigenvalue weighted by molar-refractivity contribution is 7.08. The Hall–Kier alpha value is -3.14. The van der Waals surface area contributed by atoms with E-state index in [-0.39, 0.29) is 31.0 Å². The Kier molecular flexibility index (Phi) is 5.87. The predicted molar refractivity (Wildman–Crippen MR) is 90.7 cm³/mol. The van der Waals surface area contributed by atoms with Crippen molar-refractivity contribution in [3.63, 3.8) is 0 Å². The van der Waals surface area contributed by atoms with Crippen LogP contribution in [0, 0.1) is 11.6 Å². The number of esters is 1. The topological polar surface area (TPSA) is 94.3 Å². The van der Waals surface area contributed by atoms with Crippen LogP contribution in [-0.2, 0) is 16.1 Å². The molecule has 1 aromatic carbocycles. The van der Waals surface area contributed by atoms with Gasteiger partial charge in [0.2, 0.25) is 5.82 Å². The lowest BCUT2D eigenvalue weighted by Gasteiger charge is -2.06. The standard InChI is InChI=1S/C17H13F2N3O4S/c18-11-1-2-12(13(19)7-11)16(24)20-5-3-15(23)25-8-14-21-17(26-22-14)10-4-6-27-9-10/h1-2,4,6-7,9H,3,5,8H2,(H,20,24). The van der Waals surface area contributed by atoms with Crippen molar-refractivity contribution >= 4 is 23.2 Å². The van der Waals surface area contributed by atoms with Gasteiger partial charge in [0.1, 0.15) is 11.6 Å². The van der Waals surface area contributed by atoms with Crippen LogP contribution in [-0.4, -0.2) is 28.6 Å². The van der Waals surface area contributed by atoms with Crippen LogP contribution in [0.25, 0.3) is 11.5 Å². The molecule has 0 bridgehead atoms. The monoisotopic (exact) mass is 393 g/mol. The van der Waals surface area contributed by atoms with E-state index in [0.29, 0.717) is 12.0 Å². The molecule has 0 aliphatic heterocycles. The number of rotatable bonds is 7. The summed E-state index contributed by atoms with van der Waals surface area (Å²) in [4.78, 5) is 27.6. The van der Waals surface area contributed by atoms with E-state index in [1.165, 1.54) is 11.3 Å². The molecular formula is C17H13F2N3O4S. The molecule has 0 aliphatic carbocycles. The fourth-order valence-corrected chi connectivity index (χ4v) is 2.71. The minimum absolute atomic E-state index is 0.0686. The Bertz CT molecular complexity index is 944. The molecule has 2 heterocycles. The van der Waals surface area contributed by atoms with E-state index in [9.17, 15) is 18.4 Å². The number of nitrogens with zero attached hydrogens (tertiary/aromatic N) is 2. The van der Waals surface area contributed by atoms with Gasteiger partial charge < -0.3 is 14.6 Å². The fourth-order valence-electron chi connectivity index (χ4n) is 2.08. The van der Waals surface area contributed by atoms with Gasteiger partial charge in [0.25, 0.3) is 11.8 Å². The molecule has 1 amide bonds. The van der Waals surface area contributed by atoms with E-state index < -0.39 is 23.5 Å². The summed E-state index contributed by atoms with van der Waals surface area (Å²) in [6.07, 6.45) is -0.135. The molecule has 140 valence electrons. The molecule has 7 nitrogen and oxygen atoms in total.